The molecule has 9 heteroatoms. The number of anilines is 1. The van der Waals surface area contributed by atoms with Gasteiger partial charge in [-0.05, 0) is 74.1 Å². The van der Waals surface area contributed by atoms with Gasteiger partial charge in [-0.3, -0.25) is 14.5 Å². The second kappa shape index (κ2) is 11.9. The first-order chi connectivity index (χ1) is 21.9. The van der Waals surface area contributed by atoms with E-state index >= 15 is 0 Å². The van der Waals surface area contributed by atoms with Crippen LogP contribution < -0.4 is 4.90 Å². The number of fused-ring (bicyclic) bond motifs is 5. The molecule has 1 amide bonds. The molecule has 0 atom stereocenters. The van der Waals surface area contributed by atoms with E-state index in [-0.39, 0.29) is 22.6 Å². The fraction of sp³-hybridized carbons (Fsp3) is 0.139. The number of aromatic nitrogens is 1. The van der Waals surface area contributed by atoms with Crippen molar-refractivity contribution >= 4 is 86.2 Å². The molecule has 0 N–H and O–H groups in total. The molecule has 6 nitrogen and oxygen atoms in total. The van der Waals surface area contributed by atoms with E-state index in [0.29, 0.717) is 6.54 Å². The molecular weight excluding hydrogens is 619 g/mol. The predicted octanol–water partition coefficient (Wildman–Crippen LogP) is 8.71. The van der Waals surface area contributed by atoms with Crippen LogP contribution in [0.15, 0.2) is 116 Å². The molecule has 0 bridgehead atoms. The Balaban J connectivity index is 0.000000148. The molecule has 5 aromatic rings. The molecule has 4 heterocycles. The number of hydrogen-bond donors (Lipinski definition) is 0. The summed E-state index contributed by atoms with van der Waals surface area (Å²) in [5.74, 6) is 0.252. The lowest BCUT2D eigenvalue weighted by Gasteiger charge is -2.14. The number of Topliss-reactive ketones (excluding diaryl/α,β-unsaturated/α-hetero) is 1. The van der Waals surface area contributed by atoms with Crippen LogP contribution in [0, 0.1) is 0 Å². The van der Waals surface area contributed by atoms with E-state index in [9.17, 15) is 9.59 Å². The van der Waals surface area contributed by atoms with E-state index in [0.717, 1.165) is 38.0 Å². The van der Waals surface area contributed by atoms with Crippen molar-refractivity contribution < 1.29 is 14.3 Å². The van der Waals surface area contributed by atoms with Crippen LogP contribution in [0.1, 0.15) is 29.8 Å². The molecule has 3 aliphatic heterocycles. The summed E-state index contributed by atoms with van der Waals surface area (Å²) in [7, 11) is 2.03. The van der Waals surface area contributed by atoms with Crippen LogP contribution in [0.3, 0.4) is 0 Å². The number of allylic oxidation sites excluding steroid dienone is 1. The molecule has 0 spiro atoms. The molecule has 1 aromatic heterocycles. The molecule has 8 rings (SSSR count). The number of ether oxygens (including phenoxy) is 1. The van der Waals surface area contributed by atoms with Crippen molar-refractivity contribution in [3.8, 4) is 0 Å². The summed E-state index contributed by atoms with van der Waals surface area (Å²) in [6.45, 7) is 5.41. The number of carbonyl (C=O) groups excluding carboxylic acids is 2. The van der Waals surface area contributed by atoms with Crippen molar-refractivity contribution in [2.45, 2.75) is 30.2 Å². The number of ketones is 1. The van der Waals surface area contributed by atoms with Crippen molar-refractivity contribution in [2.75, 3.05) is 18.5 Å². The van der Waals surface area contributed by atoms with Crippen LogP contribution in [-0.4, -0.2) is 39.9 Å². The molecule has 0 aliphatic carbocycles. The Morgan fingerprint density at radius 2 is 1.51 bits per heavy atom. The van der Waals surface area contributed by atoms with Gasteiger partial charge in [-0.2, -0.15) is 0 Å². The number of thiocarbonyl (C=S) groups is 1. The zero-order valence-electron chi connectivity index (χ0n) is 24.9. The predicted molar refractivity (Wildman–Crippen MR) is 189 cm³/mol. The van der Waals surface area contributed by atoms with Crippen LogP contribution in [0.5, 0.6) is 0 Å². The average molecular weight is 648 g/mol. The zero-order chi connectivity index (χ0) is 31.2. The lowest BCUT2D eigenvalue weighted by molar-refractivity contribution is -0.122. The number of aryl methyl sites for hydroxylation is 1. The molecule has 3 aliphatic rings. The van der Waals surface area contributed by atoms with Crippen molar-refractivity contribution in [1.29, 1.82) is 0 Å². The highest BCUT2D eigenvalue weighted by Crippen LogP contribution is 2.51. The Hall–Kier alpha value is -4.31. The summed E-state index contributed by atoms with van der Waals surface area (Å²) in [5.41, 5.74) is 5.29. The number of nitrogens with zero attached hydrogens (tertiary/aromatic N) is 3. The fourth-order valence-electron chi connectivity index (χ4n) is 5.88. The smallest absolute Gasteiger partial charge is 0.297 e. The minimum atomic E-state index is -0.177. The fourth-order valence-corrected chi connectivity index (χ4v) is 8.59. The Kier molecular flexibility index (Phi) is 7.77. The minimum absolute atomic E-state index is 0.146. The van der Waals surface area contributed by atoms with E-state index in [4.69, 9.17) is 17.0 Å². The van der Waals surface area contributed by atoms with Gasteiger partial charge in [0.25, 0.3) is 11.1 Å². The first kappa shape index (κ1) is 29.4. The van der Waals surface area contributed by atoms with Gasteiger partial charge in [-0.1, -0.05) is 78.1 Å². The molecule has 45 heavy (non-hydrogen) atoms. The normalized spacial score (nSPS) is 18.1. The lowest BCUT2D eigenvalue weighted by Crippen LogP contribution is -2.27. The van der Waals surface area contributed by atoms with Gasteiger partial charge in [-0.15, -0.1) is 0 Å². The van der Waals surface area contributed by atoms with Crippen LogP contribution in [0.2, 0.25) is 0 Å². The molecule has 4 aromatic carbocycles. The number of amides is 1. The quantitative estimate of drug-likeness (QED) is 0.143. The van der Waals surface area contributed by atoms with Gasteiger partial charge in [0.2, 0.25) is 5.78 Å². The van der Waals surface area contributed by atoms with Crippen LogP contribution in [0.25, 0.3) is 27.9 Å². The van der Waals surface area contributed by atoms with Gasteiger partial charge in [0, 0.05) is 57.3 Å². The van der Waals surface area contributed by atoms with Gasteiger partial charge in [0.15, 0.2) is 5.76 Å². The highest BCUT2D eigenvalue weighted by atomic mass is 32.2. The summed E-state index contributed by atoms with van der Waals surface area (Å²) in [4.78, 5) is 31.6. The molecule has 1 saturated heterocycles. The van der Waals surface area contributed by atoms with Crippen molar-refractivity contribution in [2.24, 2.45) is 0 Å². The number of para-hydroxylation sites is 2. The molecule has 1 fully saturated rings. The Labute approximate surface area is 275 Å². The van der Waals surface area contributed by atoms with Gasteiger partial charge in [-0.25, -0.2) is 0 Å². The Bertz CT molecular complexity index is 2110. The monoisotopic (exact) mass is 647 g/mol. The van der Waals surface area contributed by atoms with Gasteiger partial charge in [0.05, 0.1) is 15.6 Å². The summed E-state index contributed by atoms with van der Waals surface area (Å²) < 4.78 is 7.76. The summed E-state index contributed by atoms with van der Waals surface area (Å²) in [6.07, 6.45) is 1.77. The first-order valence-electron chi connectivity index (χ1n) is 14.7. The van der Waals surface area contributed by atoms with Crippen LogP contribution >= 0.6 is 35.7 Å². The van der Waals surface area contributed by atoms with E-state index in [1.54, 1.807) is 29.6 Å². The number of hydrogen-bond acceptors (Lipinski definition) is 7. The third kappa shape index (κ3) is 5.05. The number of thioether (sulfide) groups is 2. The number of benzene rings is 4. The minimum Gasteiger partial charge on any atom is -0.426 e. The third-order valence-corrected chi connectivity index (χ3v) is 10.9. The standard InChI is InChI=1S/C20H18N2O2S.C16H11NOS2/c1-3-21-16-8-6-5-7-14(16)15-10-9-13(11-17(15)21)12-18-19(23)22(4-2)20(25)24-18;1-17-11-7-3-5-9-13(11)20-16(17)15-14(18)10-6-2-4-8-12(10)19-15/h5-12H,3-4H2,1-2H3;2-9H,1H3/b18-12+;16-15+. The van der Waals surface area contributed by atoms with Crippen molar-refractivity contribution in [3.05, 3.63) is 118 Å². The summed E-state index contributed by atoms with van der Waals surface area (Å²) in [6, 6.07) is 30.7. The summed E-state index contributed by atoms with van der Waals surface area (Å²) >= 11 is 8.37. The van der Waals surface area contributed by atoms with Gasteiger partial charge < -0.3 is 14.2 Å². The average Bonchev–Trinajstić information content (AvgIpc) is 3.76. The molecule has 0 saturated carbocycles. The maximum atomic E-state index is 12.6. The van der Waals surface area contributed by atoms with Gasteiger partial charge in [0.1, 0.15) is 0 Å². The van der Waals surface area contributed by atoms with Gasteiger partial charge >= 0.3 is 0 Å². The Morgan fingerprint density at radius 3 is 2.24 bits per heavy atom. The number of likely N-dealkylation sites (N-methyl/N-ethyl adjacent to an activating group) is 1. The maximum absolute atomic E-state index is 12.6. The highest BCUT2D eigenvalue weighted by Gasteiger charge is 2.34. The van der Waals surface area contributed by atoms with Crippen LogP contribution in [-0.2, 0) is 16.1 Å². The maximum Gasteiger partial charge on any atom is 0.297 e. The zero-order valence-corrected chi connectivity index (χ0v) is 27.4. The molecule has 224 valence electrons. The van der Waals surface area contributed by atoms with E-state index < -0.39 is 0 Å². The van der Waals surface area contributed by atoms with E-state index in [1.807, 2.05) is 56.4 Å². The Morgan fingerprint density at radius 1 is 0.800 bits per heavy atom. The first-order valence-corrected chi connectivity index (χ1v) is 16.8. The van der Waals surface area contributed by atoms with Crippen molar-refractivity contribution in [3.63, 3.8) is 0 Å². The molecule has 0 unspecified atom stereocenters. The number of carbonyl (C=O) groups is 2. The lowest BCUT2D eigenvalue weighted by atomic mass is 10.1. The van der Waals surface area contributed by atoms with E-state index in [1.165, 1.54) is 31.8 Å². The van der Waals surface area contributed by atoms with Crippen LogP contribution in [0.4, 0.5) is 5.69 Å². The molecular formula is C36H29N3O3S3. The second-order valence-electron chi connectivity index (χ2n) is 10.7. The highest BCUT2D eigenvalue weighted by molar-refractivity contribution is 8.08. The topological polar surface area (TPSA) is 54.8 Å². The third-order valence-electron chi connectivity index (χ3n) is 8.08. The SMILES string of the molecule is CCN1C(=O)/C(=C\c2ccc3c4ccccc4n(CC)c3c2)OC1=S.CN1/C(=C2\Sc3ccccc3C2=O)Sc2ccccc21. The van der Waals surface area contributed by atoms with Crippen molar-refractivity contribution in [1.82, 2.24) is 9.47 Å². The second-order valence-corrected chi connectivity index (χ2v) is 13.1. The largest absolute Gasteiger partial charge is 0.426 e. The summed E-state index contributed by atoms with van der Waals surface area (Å²) in [5, 5.41) is 3.72. The number of rotatable bonds is 3. The molecule has 0 radical (unpaired) electrons. The van der Waals surface area contributed by atoms with E-state index in [2.05, 4.69) is 64.9 Å².